The molecule has 0 radical (unpaired) electrons. The zero-order valence-electron chi connectivity index (χ0n) is 26.9. The zero-order chi connectivity index (χ0) is 32.1. The first-order chi connectivity index (χ1) is 21.6. The first-order valence-corrected chi connectivity index (χ1v) is 15.2. The highest BCUT2D eigenvalue weighted by molar-refractivity contribution is 6.04. The van der Waals surface area contributed by atoms with Gasteiger partial charge in [-0.05, 0) is 34.7 Å². The molecule has 1 fully saturated rings. The Hall–Kier alpha value is -4.42. The molecule has 45 heavy (non-hydrogen) atoms. The van der Waals surface area contributed by atoms with Gasteiger partial charge in [-0.3, -0.25) is 14.5 Å². The fourth-order valence-electron chi connectivity index (χ4n) is 5.62. The van der Waals surface area contributed by atoms with Gasteiger partial charge in [0.05, 0.1) is 37.3 Å². The number of carbonyl (C=O) groups excluding carboxylic acids is 2. The fourth-order valence-corrected chi connectivity index (χ4v) is 5.62. The van der Waals surface area contributed by atoms with E-state index in [1.165, 1.54) is 7.11 Å². The highest BCUT2D eigenvalue weighted by atomic mass is 16.5. The normalized spacial score (nSPS) is 16.6. The van der Waals surface area contributed by atoms with E-state index in [2.05, 4.69) is 51.6 Å². The summed E-state index contributed by atoms with van der Waals surface area (Å²) in [6.45, 7) is 10.5. The van der Waals surface area contributed by atoms with Crippen molar-refractivity contribution >= 4 is 29.1 Å². The number of morpholine rings is 1. The van der Waals surface area contributed by atoms with Crippen LogP contribution in [0.1, 0.15) is 42.3 Å². The van der Waals surface area contributed by atoms with Crippen LogP contribution in [-0.2, 0) is 21.4 Å². The summed E-state index contributed by atoms with van der Waals surface area (Å²) in [5, 5.41) is 9.04. The molecule has 12 heteroatoms. The van der Waals surface area contributed by atoms with Gasteiger partial charge in [-0.2, -0.15) is 4.98 Å². The Balaban J connectivity index is 1.36. The number of para-hydroxylation sites is 1. The average molecular weight is 618 g/mol. The van der Waals surface area contributed by atoms with E-state index in [0.29, 0.717) is 60.8 Å². The smallest absolute Gasteiger partial charge is 0.255 e. The molecule has 1 atom stereocenters. The molecule has 5 rings (SSSR count). The molecule has 0 spiro atoms. The summed E-state index contributed by atoms with van der Waals surface area (Å²) in [5.41, 5.74) is 3.25. The average Bonchev–Trinajstić information content (AvgIpc) is 3.38. The third-order valence-corrected chi connectivity index (χ3v) is 8.17. The number of hydrogen-bond acceptors (Lipinski definition) is 10. The number of anilines is 3. The maximum atomic E-state index is 13.9. The van der Waals surface area contributed by atoms with Crippen molar-refractivity contribution in [2.45, 2.75) is 38.6 Å². The number of fused-ring (bicyclic) bond motifs is 1. The topological polar surface area (TPSA) is 130 Å². The molecule has 12 nitrogen and oxygen atoms in total. The minimum absolute atomic E-state index is 0.220. The molecule has 3 heterocycles. The quantitative estimate of drug-likeness (QED) is 0.310. The molecule has 1 unspecified atom stereocenters. The number of carbonyl (C=O) groups is 2. The van der Waals surface area contributed by atoms with Crippen LogP contribution in [0.4, 0.5) is 17.3 Å². The molecule has 0 aliphatic carbocycles. The largest absolute Gasteiger partial charge is 0.494 e. The Labute approximate surface area is 264 Å². The maximum absolute atomic E-state index is 13.9. The van der Waals surface area contributed by atoms with Crippen LogP contribution in [0.15, 0.2) is 42.6 Å². The Bertz CT molecular complexity index is 1530. The highest BCUT2D eigenvalue weighted by Gasteiger charge is 2.35. The Kier molecular flexibility index (Phi) is 9.74. The second kappa shape index (κ2) is 13.7. The van der Waals surface area contributed by atoms with Crippen LogP contribution in [-0.4, -0.2) is 93.3 Å². The number of amides is 2. The van der Waals surface area contributed by atoms with Crippen molar-refractivity contribution in [2.24, 2.45) is 0 Å². The Morgan fingerprint density at radius 2 is 1.91 bits per heavy atom. The second-order valence-corrected chi connectivity index (χ2v) is 12.2. The molecule has 2 aliphatic rings. The minimum Gasteiger partial charge on any atom is -0.494 e. The van der Waals surface area contributed by atoms with Crippen LogP contribution in [0, 0.1) is 0 Å². The monoisotopic (exact) mass is 617 g/mol. The van der Waals surface area contributed by atoms with Gasteiger partial charge >= 0.3 is 0 Å². The number of rotatable bonds is 10. The second-order valence-electron chi connectivity index (χ2n) is 12.2. The van der Waals surface area contributed by atoms with Crippen molar-refractivity contribution in [3.8, 4) is 17.4 Å². The van der Waals surface area contributed by atoms with Crippen LogP contribution in [0.2, 0.25) is 0 Å². The summed E-state index contributed by atoms with van der Waals surface area (Å²) in [5.74, 6) is 1.29. The van der Waals surface area contributed by atoms with E-state index in [4.69, 9.17) is 14.2 Å². The molecule has 2 aliphatic heterocycles. The molecule has 1 saturated heterocycles. The molecule has 240 valence electrons. The van der Waals surface area contributed by atoms with E-state index >= 15 is 0 Å². The van der Waals surface area contributed by atoms with Crippen molar-refractivity contribution in [1.82, 2.24) is 20.2 Å². The predicted molar refractivity (Wildman–Crippen MR) is 174 cm³/mol. The van der Waals surface area contributed by atoms with Crippen molar-refractivity contribution in [1.29, 1.82) is 0 Å². The van der Waals surface area contributed by atoms with Gasteiger partial charge in [0, 0.05) is 59.0 Å². The number of methoxy groups -OCH3 is 1. The number of ether oxygens (including phenoxy) is 3. The lowest BCUT2D eigenvalue weighted by Crippen LogP contribution is -2.41. The van der Waals surface area contributed by atoms with E-state index in [1.54, 1.807) is 19.3 Å². The number of benzene rings is 2. The van der Waals surface area contributed by atoms with E-state index in [9.17, 15) is 9.59 Å². The number of likely N-dealkylation sites (N-methyl/N-ethyl adjacent to an activating group) is 1. The van der Waals surface area contributed by atoms with Crippen molar-refractivity contribution in [2.75, 3.05) is 76.1 Å². The molecule has 0 saturated carbocycles. The number of nitrogens with zero attached hydrogens (tertiary/aromatic N) is 4. The first-order valence-electron chi connectivity index (χ1n) is 15.2. The van der Waals surface area contributed by atoms with E-state index in [0.717, 1.165) is 36.4 Å². The van der Waals surface area contributed by atoms with Gasteiger partial charge < -0.3 is 35.1 Å². The third-order valence-electron chi connectivity index (χ3n) is 8.17. The predicted octanol–water partition coefficient (Wildman–Crippen LogP) is 3.68. The van der Waals surface area contributed by atoms with Crippen molar-refractivity contribution in [3.05, 3.63) is 59.3 Å². The van der Waals surface area contributed by atoms with E-state index < -0.39 is 6.04 Å². The summed E-state index contributed by atoms with van der Waals surface area (Å²) in [6.07, 6.45) is 2.10. The SMILES string of the molecule is CNc1nccc(Oc2cccc3c2N(C)C(C(=O)Nc2cc(C(C)(C)C)cc(C(=O)NCCN4CCOCC4)c2OC)C3)n1. The van der Waals surface area contributed by atoms with Gasteiger partial charge in [0.1, 0.15) is 6.04 Å². The maximum Gasteiger partial charge on any atom is 0.255 e. The molecule has 3 N–H and O–H groups in total. The zero-order valence-corrected chi connectivity index (χ0v) is 26.9. The lowest BCUT2D eigenvalue weighted by atomic mass is 9.85. The molecule has 3 aromatic rings. The standard InChI is InChI=1S/C33H43N7O5/c1-33(2,3)22-19-23(30(41)35-12-13-40-14-16-44-17-15-40)29(43-6)24(20-22)37-31(42)25-18-21-8-7-9-26(28(21)39(25)5)45-27-10-11-36-32(34-4)38-27/h7-11,19-20,25H,12-18H2,1-6H3,(H,35,41)(H,37,42)(H,34,36,38). The van der Waals surface area contributed by atoms with Crippen molar-refractivity contribution < 1.29 is 23.8 Å². The number of aromatic nitrogens is 2. The van der Waals surface area contributed by atoms with Crippen molar-refractivity contribution in [3.63, 3.8) is 0 Å². The lowest BCUT2D eigenvalue weighted by Gasteiger charge is -2.27. The Morgan fingerprint density at radius 1 is 1.13 bits per heavy atom. The van der Waals surface area contributed by atoms with E-state index in [-0.39, 0.29) is 17.2 Å². The van der Waals surface area contributed by atoms with Crippen LogP contribution in [0.3, 0.4) is 0 Å². The first kappa shape index (κ1) is 32.0. The van der Waals surface area contributed by atoms with Crippen LogP contribution in [0.25, 0.3) is 0 Å². The Morgan fingerprint density at radius 3 is 2.62 bits per heavy atom. The van der Waals surface area contributed by atoms with E-state index in [1.807, 2.05) is 42.3 Å². The van der Waals surface area contributed by atoms with Gasteiger partial charge in [-0.25, -0.2) is 4.98 Å². The summed E-state index contributed by atoms with van der Waals surface area (Å²) >= 11 is 0. The summed E-state index contributed by atoms with van der Waals surface area (Å²) in [4.78, 5) is 40.1. The highest BCUT2D eigenvalue weighted by Crippen LogP contribution is 2.42. The third kappa shape index (κ3) is 7.29. The molecule has 2 amide bonds. The summed E-state index contributed by atoms with van der Waals surface area (Å²) in [7, 11) is 5.13. The lowest BCUT2D eigenvalue weighted by molar-refractivity contribution is -0.117. The summed E-state index contributed by atoms with van der Waals surface area (Å²) < 4.78 is 17.3. The fraction of sp³-hybridized carbons (Fsp3) is 0.455. The molecular weight excluding hydrogens is 574 g/mol. The number of nitrogens with one attached hydrogen (secondary N) is 3. The van der Waals surface area contributed by atoms with Gasteiger partial charge in [-0.1, -0.05) is 32.9 Å². The minimum atomic E-state index is -0.517. The molecule has 1 aromatic heterocycles. The van der Waals surface area contributed by atoms with Gasteiger partial charge in [0.15, 0.2) is 11.5 Å². The molecule has 0 bridgehead atoms. The van der Waals surface area contributed by atoms with Crippen LogP contribution >= 0.6 is 0 Å². The van der Waals surface area contributed by atoms with Gasteiger partial charge in [0.2, 0.25) is 17.7 Å². The number of hydrogen-bond donors (Lipinski definition) is 3. The molecule has 2 aromatic carbocycles. The van der Waals surface area contributed by atoms with Gasteiger partial charge in [-0.15, -0.1) is 0 Å². The van der Waals surface area contributed by atoms with Crippen LogP contribution < -0.4 is 30.3 Å². The summed E-state index contributed by atoms with van der Waals surface area (Å²) in [6, 6.07) is 10.7. The van der Waals surface area contributed by atoms with Gasteiger partial charge in [0.25, 0.3) is 5.91 Å². The molecular formula is C33H43N7O5. The van der Waals surface area contributed by atoms with Crippen LogP contribution in [0.5, 0.6) is 17.4 Å².